The predicted octanol–water partition coefficient (Wildman–Crippen LogP) is 0.813. The van der Waals surface area contributed by atoms with E-state index in [1.54, 1.807) is 12.5 Å². The maximum Gasteiger partial charge on any atom is 0.322 e. The molecule has 0 bridgehead atoms. The van der Waals surface area contributed by atoms with Crippen molar-refractivity contribution in [1.29, 1.82) is 0 Å². The van der Waals surface area contributed by atoms with E-state index < -0.39 is 0 Å². The number of imidazole rings is 1. The second-order valence-corrected chi connectivity index (χ2v) is 3.81. The summed E-state index contributed by atoms with van der Waals surface area (Å²) in [4.78, 5) is 15.3. The van der Waals surface area contributed by atoms with Crippen LogP contribution >= 0.6 is 0 Å². The zero-order chi connectivity index (χ0) is 12.0. The Labute approximate surface area is 95.8 Å². The maximum atomic E-state index is 11.4. The van der Waals surface area contributed by atoms with Gasteiger partial charge in [0.15, 0.2) is 0 Å². The molecule has 1 aromatic heterocycles. The number of ether oxygens (including phenoxy) is 1. The Balaban J connectivity index is 2.43. The smallest absolute Gasteiger partial charge is 0.322 e. The van der Waals surface area contributed by atoms with Gasteiger partial charge in [0.05, 0.1) is 13.4 Å². The first-order valence-corrected chi connectivity index (χ1v) is 5.47. The molecule has 1 N–H and O–H groups in total. The molecular formula is C11H19N3O2. The van der Waals surface area contributed by atoms with Crippen LogP contribution in [0.4, 0.5) is 0 Å². The van der Waals surface area contributed by atoms with Crippen molar-refractivity contribution < 1.29 is 9.53 Å². The van der Waals surface area contributed by atoms with Gasteiger partial charge in [-0.15, -0.1) is 0 Å². The van der Waals surface area contributed by atoms with Crippen molar-refractivity contribution >= 4 is 5.97 Å². The second kappa shape index (κ2) is 6.27. The lowest BCUT2D eigenvalue weighted by Gasteiger charge is -2.20. The van der Waals surface area contributed by atoms with Crippen LogP contribution in [0.2, 0.25) is 0 Å². The van der Waals surface area contributed by atoms with E-state index in [2.05, 4.69) is 10.3 Å². The second-order valence-electron chi connectivity index (χ2n) is 3.81. The number of hydrogen-bond acceptors (Lipinski definition) is 4. The summed E-state index contributed by atoms with van der Waals surface area (Å²) in [5.74, 6) is -0.208. The molecular weight excluding hydrogens is 206 g/mol. The molecule has 0 amide bonds. The molecule has 0 saturated heterocycles. The van der Waals surface area contributed by atoms with Gasteiger partial charge in [-0.25, -0.2) is 4.98 Å². The summed E-state index contributed by atoms with van der Waals surface area (Å²) in [5, 5.41) is 3.23. The fourth-order valence-corrected chi connectivity index (χ4v) is 1.60. The van der Waals surface area contributed by atoms with E-state index in [9.17, 15) is 4.79 Å². The zero-order valence-electron chi connectivity index (χ0n) is 10.0. The summed E-state index contributed by atoms with van der Waals surface area (Å²) in [6.45, 7) is 4.78. The van der Waals surface area contributed by atoms with E-state index in [-0.39, 0.29) is 18.1 Å². The molecule has 16 heavy (non-hydrogen) atoms. The summed E-state index contributed by atoms with van der Waals surface area (Å²) in [6, 6.07) is -0.0400. The fourth-order valence-electron chi connectivity index (χ4n) is 1.60. The summed E-state index contributed by atoms with van der Waals surface area (Å²) < 4.78 is 6.69. The Hall–Kier alpha value is -1.36. The van der Waals surface area contributed by atoms with Crippen molar-refractivity contribution in [2.75, 3.05) is 7.11 Å². The number of esters is 1. The van der Waals surface area contributed by atoms with Gasteiger partial charge in [-0.3, -0.25) is 4.79 Å². The Bertz CT molecular complexity index is 311. The Morgan fingerprint density at radius 3 is 2.88 bits per heavy atom. The van der Waals surface area contributed by atoms with Crippen molar-refractivity contribution in [2.45, 2.75) is 38.9 Å². The van der Waals surface area contributed by atoms with E-state index in [0.717, 1.165) is 13.0 Å². The first-order valence-electron chi connectivity index (χ1n) is 5.47. The van der Waals surface area contributed by atoms with Gasteiger partial charge < -0.3 is 14.6 Å². The van der Waals surface area contributed by atoms with Crippen molar-refractivity contribution in [3.63, 3.8) is 0 Å². The molecule has 2 atom stereocenters. The number of carbonyl (C=O) groups excluding carboxylic acids is 1. The van der Waals surface area contributed by atoms with Crippen LogP contribution in [0, 0.1) is 0 Å². The molecule has 0 aliphatic carbocycles. The van der Waals surface area contributed by atoms with Crippen LogP contribution in [0.5, 0.6) is 0 Å². The van der Waals surface area contributed by atoms with E-state index in [0.29, 0.717) is 0 Å². The molecule has 0 spiro atoms. The summed E-state index contributed by atoms with van der Waals surface area (Å²) in [6.07, 6.45) is 6.12. The largest absolute Gasteiger partial charge is 0.468 e. The average Bonchev–Trinajstić information content (AvgIpc) is 2.77. The van der Waals surface area contributed by atoms with Crippen molar-refractivity contribution in [1.82, 2.24) is 14.9 Å². The van der Waals surface area contributed by atoms with Gasteiger partial charge in [0.25, 0.3) is 0 Å². The van der Waals surface area contributed by atoms with E-state index in [1.165, 1.54) is 7.11 Å². The summed E-state index contributed by atoms with van der Waals surface area (Å²) in [5.41, 5.74) is 0. The van der Waals surface area contributed by atoms with Crippen molar-refractivity contribution in [2.24, 2.45) is 0 Å². The Kier molecular flexibility index (Phi) is 4.98. The quantitative estimate of drug-likeness (QED) is 0.728. The number of aromatic nitrogens is 2. The molecule has 5 heteroatoms. The van der Waals surface area contributed by atoms with Gasteiger partial charge in [0.1, 0.15) is 6.04 Å². The van der Waals surface area contributed by atoms with E-state index >= 15 is 0 Å². The zero-order valence-corrected chi connectivity index (χ0v) is 10.0. The monoisotopic (exact) mass is 225 g/mol. The van der Waals surface area contributed by atoms with Crippen LogP contribution in [0.15, 0.2) is 18.7 Å². The molecule has 0 aliphatic rings. The van der Waals surface area contributed by atoms with Crippen LogP contribution < -0.4 is 5.32 Å². The molecule has 90 valence electrons. The highest BCUT2D eigenvalue weighted by Gasteiger charge is 2.18. The maximum absolute atomic E-state index is 11.4. The molecule has 0 aliphatic heterocycles. The van der Waals surface area contributed by atoms with E-state index in [1.807, 2.05) is 24.6 Å². The van der Waals surface area contributed by atoms with Gasteiger partial charge in [-0.2, -0.15) is 0 Å². The highest BCUT2D eigenvalue weighted by molar-refractivity contribution is 5.75. The standard InChI is InChI=1S/C11H19N3O2/c1-4-10(11(15)16-3)13-9(2)7-14-6-5-12-8-14/h5-6,8-10,13H,4,7H2,1-3H3. The number of rotatable bonds is 6. The van der Waals surface area contributed by atoms with Crippen LogP contribution in [0.25, 0.3) is 0 Å². The summed E-state index contributed by atoms with van der Waals surface area (Å²) >= 11 is 0. The van der Waals surface area contributed by atoms with Gasteiger partial charge in [-0.05, 0) is 13.3 Å². The summed E-state index contributed by atoms with van der Waals surface area (Å²) in [7, 11) is 1.41. The third-order valence-corrected chi connectivity index (χ3v) is 2.42. The highest BCUT2D eigenvalue weighted by Crippen LogP contribution is 1.99. The molecule has 0 saturated carbocycles. The third-order valence-electron chi connectivity index (χ3n) is 2.42. The predicted molar refractivity (Wildman–Crippen MR) is 60.9 cm³/mol. The highest BCUT2D eigenvalue weighted by atomic mass is 16.5. The van der Waals surface area contributed by atoms with Gasteiger partial charge in [0.2, 0.25) is 0 Å². The van der Waals surface area contributed by atoms with Gasteiger partial charge >= 0.3 is 5.97 Å². The number of carbonyl (C=O) groups is 1. The number of hydrogen-bond donors (Lipinski definition) is 1. The van der Waals surface area contributed by atoms with Crippen LogP contribution in [-0.4, -0.2) is 34.7 Å². The number of methoxy groups -OCH3 is 1. The molecule has 0 fully saturated rings. The molecule has 2 unspecified atom stereocenters. The van der Waals surface area contributed by atoms with E-state index in [4.69, 9.17) is 4.74 Å². The van der Waals surface area contributed by atoms with Crippen molar-refractivity contribution in [3.05, 3.63) is 18.7 Å². The molecule has 1 aromatic rings. The topological polar surface area (TPSA) is 56.2 Å². The lowest BCUT2D eigenvalue weighted by molar-refractivity contribution is -0.143. The number of nitrogens with one attached hydrogen (secondary N) is 1. The normalized spacial score (nSPS) is 14.4. The third kappa shape index (κ3) is 3.66. The first-order chi connectivity index (χ1) is 7.67. The van der Waals surface area contributed by atoms with Gasteiger partial charge in [-0.1, -0.05) is 6.92 Å². The SMILES string of the molecule is CCC(NC(C)Cn1ccnc1)C(=O)OC. The molecule has 1 heterocycles. The lowest BCUT2D eigenvalue weighted by Crippen LogP contribution is -2.43. The molecule has 0 radical (unpaired) electrons. The van der Waals surface area contributed by atoms with Crippen LogP contribution in [0.1, 0.15) is 20.3 Å². The average molecular weight is 225 g/mol. The van der Waals surface area contributed by atoms with Crippen molar-refractivity contribution in [3.8, 4) is 0 Å². The van der Waals surface area contributed by atoms with Crippen LogP contribution in [-0.2, 0) is 16.1 Å². The number of nitrogens with zero attached hydrogens (tertiary/aromatic N) is 2. The van der Waals surface area contributed by atoms with Gasteiger partial charge in [0, 0.05) is 25.0 Å². The first kappa shape index (κ1) is 12.7. The Morgan fingerprint density at radius 2 is 2.38 bits per heavy atom. The van der Waals surface area contributed by atoms with Crippen LogP contribution in [0.3, 0.4) is 0 Å². The minimum Gasteiger partial charge on any atom is -0.468 e. The lowest BCUT2D eigenvalue weighted by atomic mass is 10.2. The molecule has 0 aromatic carbocycles. The molecule has 5 nitrogen and oxygen atoms in total. The minimum atomic E-state index is -0.233. The molecule has 1 rings (SSSR count). The Morgan fingerprint density at radius 1 is 1.62 bits per heavy atom. The minimum absolute atomic E-state index is 0.193. The fraction of sp³-hybridized carbons (Fsp3) is 0.636.